The Labute approximate surface area is 271 Å². The lowest BCUT2D eigenvalue weighted by Crippen LogP contribution is -2.27. The summed E-state index contributed by atoms with van der Waals surface area (Å²) in [7, 11) is 0. The summed E-state index contributed by atoms with van der Waals surface area (Å²) in [5.74, 6) is 0.459. The number of anilines is 1. The van der Waals surface area contributed by atoms with Crippen molar-refractivity contribution in [3.05, 3.63) is 125 Å². The third kappa shape index (κ3) is 7.81. The molecule has 6 rings (SSSR count). The minimum Gasteiger partial charge on any atom is -0.456 e. The number of carbonyl (C=O) groups excluding carboxylic acids is 2. The van der Waals surface area contributed by atoms with Crippen LogP contribution in [-0.2, 0) is 22.3 Å². The van der Waals surface area contributed by atoms with E-state index in [1.807, 2.05) is 66.7 Å². The summed E-state index contributed by atoms with van der Waals surface area (Å²) in [6.45, 7) is 0.113. The number of para-hydroxylation sites is 1. The van der Waals surface area contributed by atoms with Gasteiger partial charge in [-0.15, -0.1) is 0 Å². The first kappa shape index (κ1) is 31.5. The fraction of sp³-hybridized carbons (Fsp3) is 0.263. The van der Waals surface area contributed by atoms with Gasteiger partial charge in [-0.3, -0.25) is 9.59 Å². The standard InChI is InChI=1S/C38H38N2O5S/c41-37(39-22-23-46(43)44)31-12-10-26(11-13-31)24-34(29-16-14-28(15-17-29)27-6-2-1-3-7-27)38(42)40-33-20-18-30(19-21-33)36-25-32-8-4-5-9-35(32)45-36/h4-5,8-21,25,27,34H,1-3,6-7,22-24H2,(H,39,41)(H,40,42)(H,43,44). The maximum absolute atomic E-state index is 13.9. The molecule has 0 radical (unpaired) electrons. The average molecular weight is 635 g/mol. The van der Waals surface area contributed by atoms with Crippen molar-refractivity contribution in [3.8, 4) is 11.3 Å². The van der Waals surface area contributed by atoms with Crippen LogP contribution in [0.4, 0.5) is 5.69 Å². The van der Waals surface area contributed by atoms with E-state index in [1.54, 1.807) is 12.1 Å². The van der Waals surface area contributed by atoms with Gasteiger partial charge in [-0.2, -0.15) is 0 Å². The predicted molar refractivity (Wildman–Crippen MR) is 183 cm³/mol. The van der Waals surface area contributed by atoms with E-state index in [2.05, 4.69) is 34.9 Å². The van der Waals surface area contributed by atoms with Crippen molar-refractivity contribution in [2.75, 3.05) is 17.6 Å². The number of furan rings is 1. The van der Waals surface area contributed by atoms with Crippen LogP contribution in [0.15, 0.2) is 108 Å². The van der Waals surface area contributed by atoms with Crippen molar-refractivity contribution < 1.29 is 22.8 Å². The Bertz CT molecular complexity index is 1770. The van der Waals surface area contributed by atoms with Crippen molar-refractivity contribution in [2.24, 2.45) is 0 Å². The SMILES string of the molecule is O=C(NCCS(=O)O)c1ccc(CC(C(=O)Nc2ccc(-c3cc4ccccc4o3)cc2)c2ccc(C3CCCCC3)cc2)cc1. The lowest BCUT2D eigenvalue weighted by atomic mass is 9.83. The molecule has 236 valence electrons. The number of fused-ring (bicyclic) bond motifs is 1. The maximum Gasteiger partial charge on any atom is 0.251 e. The molecule has 46 heavy (non-hydrogen) atoms. The molecule has 5 aromatic rings. The quantitative estimate of drug-likeness (QED) is 0.127. The zero-order valence-corrected chi connectivity index (χ0v) is 26.4. The first-order valence-electron chi connectivity index (χ1n) is 15.9. The third-order valence-corrected chi connectivity index (χ3v) is 9.37. The molecule has 1 aliphatic carbocycles. The lowest BCUT2D eigenvalue weighted by Gasteiger charge is -2.23. The van der Waals surface area contributed by atoms with E-state index in [1.165, 1.54) is 37.7 Å². The topological polar surface area (TPSA) is 109 Å². The van der Waals surface area contributed by atoms with Gasteiger partial charge >= 0.3 is 0 Å². The van der Waals surface area contributed by atoms with Gasteiger partial charge in [-0.25, -0.2) is 4.21 Å². The first-order chi connectivity index (χ1) is 22.4. The van der Waals surface area contributed by atoms with Crippen molar-refractivity contribution in [3.63, 3.8) is 0 Å². The molecule has 0 bridgehead atoms. The van der Waals surface area contributed by atoms with Gasteiger partial charge in [0.1, 0.15) is 11.3 Å². The second-order valence-corrected chi connectivity index (χ2v) is 13.0. The molecule has 2 amide bonds. The molecule has 1 aliphatic rings. The van der Waals surface area contributed by atoms with Gasteiger partial charge in [-0.05, 0) is 90.4 Å². The highest BCUT2D eigenvalue weighted by Gasteiger charge is 2.23. The second kappa shape index (κ2) is 14.7. The molecular formula is C38H38N2O5S. The summed E-state index contributed by atoms with van der Waals surface area (Å²) in [5.41, 5.74) is 6.11. The Hall–Kier alpha value is -4.53. The Morgan fingerprint density at radius 1 is 0.870 bits per heavy atom. The van der Waals surface area contributed by atoms with Gasteiger partial charge in [0.05, 0.1) is 11.7 Å². The summed E-state index contributed by atoms with van der Waals surface area (Å²) in [6.07, 6.45) is 6.72. The fourth-order valence-corrected chi connectivity index (χ4v) is 6.53. The van der Waals surface area contributed by atoms with Crippen LogP contribution >= 0.6 is 0 Å². The highest BCUT2D eigenvalue weighted by atomic mass is 32.2. The average Bonchev–Trinajstić information content (AvgIpc) is 3.53. The van der Waals surface area contributed by atoms with Crippen molar-refractivity contribution in [1.29, 1.82) is 0 Å². The number of nitrogens with one attached hydrogen (secondary N) is 2. The van der Waals surface area contributed by atoms with Crippen LogP contribution in [0.1, 0.15) is 71.0 Å². The summed E-state index contributed by atoms with van der Waals surface area (Å²) in [6, 6.07) is 33.3. The number of rotatable bonds is 11. The van der Waals surface area contributed by atoms with E-state index in [9.17, 15) is 13.8 Å². The zero-order chi connectivity index (χ0) is 31.9. The van der Waals surface area contributed by atoms with Crippen molar-refractivity contribution >= 4 is 39.6 Å². The van der Waals surface area contributed by atoms with E-state index < -0.39 is 17.0 Å². The van der Waals surface area contributed by atoms with Gasteiger partial charge < -0.3 is 19.6 Å². The highest BCUT2D eigenvalue weighted by Crippen LogP contribution is 2.34. The van der Waals surface area contributed by atoms with E-state index >= 15 is 0 Å². The Morgan fingerprint density at radius 3 is 2.28 bits per heavy atom. The predicted octanol–water partition coefficient (Wildman–Crippen LogP) is 8.06. The largest absolute Gasteiger partial charge is 0.456 e. The lowest BCUT2D eigenvalue weighted by molar-refractivity contribution is -0.117. The Morgan fingerprint density at radius 2 is 1.59 bits per heavy atom. The normalized spacial score (nSPS) is 14.9. The maximum atomic E-state index is 13.9. The fourth-order valence-electron chi connectivity index (χ4n) is 6.25. The van der Waals surface area contributed by atoms with E-state index in [0.717, 1.165) is 33.4 Å². The Balaban J connectivity index is 1.19. The van der Waals surface area contributed by atoms with E-state index in [-0.39, 0.29) is 24.1 Å². The number of hydrogen-bond donors (Lipinski definition) is 3. The number of benzene rings is 4. The molecule has 0 spiro atoms. The molecule has 7 nitrogen and oxygen atoms in total. The van der Waals surface area contributed by atoms with Crippen LogP contribution < -0.4 is 10.6 Å². The molecule has 4 aromatic carbocycles. The molecule has 1 saturated carbocycles. The summed E-state index contributed by atoms with van der Waals surface area (Å²) in [5, 5.41) is 6.82. The van der Waals surface area contributed by atoms with Gasteiger partial charge in [0.25, 0.3) is 5.91 Å². The Kier molecular flexibility index (Phi) is 10.1. The monoisotopic (exact) mass is 634 g/mol. The van der Waals surface area contributed by atoms with Crippen LogP contribution in [0.5, 0.6) is 0 Å². The molecular weight excluding hydrogens is 596 g/mol. The minimum absolute atomic E-state index is 0.0250. The second-order valence-electron chi connectivity index (χ2n) is 12.0. The van der Waals surface area contributed by atoms with Crippen LogP contribution in [0.3, 0.4) is 0 Å². The smallest absolute Gasteiger partial charge is 0.251 e. The summed E-state index contributed by atoms with van der Waals surface area (Å²) in [4.78, 5) is 26.3. The molecule has 3 N–H and O–H groups in total. The number of hydrogen-bond acceptors (Lipinski definition) is 4. The van der Waals surface area contributed by atoms with Gasteiger partial charge in [-0.1, -0.05) is 73.9 Å². The molecule has 0 saturated heterocycles. The molecule has 1 fully saturated rings. The molecule has 2 unspecified atom stereocenters. The molecule has 1 heterocycles. The summed E-state index contributed by atoms with van der Waals surface area (Å²) >= 11 is -1.96. The van der Waals surface area contributed by atoms with E-state index in [0.29, 0.717) is 23.6 Å². The van der Waals surface area contributed by atoms with Crippen LogP contribution in [0, 0.1) is 0 Å². The summed E-state index contributed by atoms with van der Waals surface area (Å²) < 4.78 is 25.8. The third-order valence-electron chi connectivity index (χ3n) is 8.81. The molecule has 2 atom stereocenters. The van der Waals surface area contributed by atoms with Crippen molar-refractivity contribution in [1.82, 2.24) is 5.32 Å². The van der Waals surface area contributed by atoms with Crippen LogP contribution in [0.25, 0.3) is 22.3 Å². The number of carbonyl (C=O) groups is 2. The van der Waals surface area contributed by atoms with Gasteiger partial charge in [0, 0.05) is 28.7 Å². The minimum atomic E-state index is -1.96. The van der Waals surface area contributed by atoms with Gasteiger partial charge in [0.2, 0.25) is 5.91 Å². The van der Waals surface area contributed by atoms with Crippen molar-refractivity contribution in [2.45, 2.75) is 50.4 Å². The highest BCUT2D eigenvalue weighted by molar-refractivity contribution is 7.79. The molecule has 8 heteroatoms. The van der Waals surface area contributed by atoms with Gasteiger partial charge in [0.15, 0.2) is 11.1 Å². The molecule has 0 aliphatic heterocycles. The van der Waals surface area contributed by atoms with Crippen LogP contribution in [-0.4, -0.2) is 32.9 Å². The first-order valence-corrected chi connectivity index (χ1v) is 17.1. The zero-order valence-electron chi connectivity index (χ0n) is 25.6. The van der Waals surface area contributed by atoms with Crippen LogP contribution in [0.2, 0.25) is 0 Å². The molecule has 1 aromatic heterocycles. The van der Waals surface area contributed by atoms with E-state index in [4.69, 9.17) is 8.97 Å². The number of amides is 2.